The Bertz CT molecular complexity index is 530. The first-order valence-electron chi connectivity index (χ1n) is 7.00. The van der Waals surface area contributed by atoms with Gasteiger partial charge in [-0.1, -0.05) is 19.4 Å². The molecule has 2 rings (SSSR count). The fourth-order valence-corrected chi connectivity index (χ4v) is 2.98. The quantitative estimate of drug-likeness (QED) is 0.915. The number of hydrogen-bond acceptors (Lipinski definition) is 3. The van der Waals surface area contributed by atoms with Crippen LogP contribution in [0.25, 0.3) is 0 Å². The van der Waals surface area contributed by atoms with Crippen LogP contribution in [0.15, 0.2) is 18.2 Å². The number of aryl methyl sites for hydroxylation is 1. The van der Waals surface area contributed by atoms with Gasteiger partial charge >= 0.3 is 5.97 Å². The number of nitrogens with zero attached hydrogens (tertiary/aromatic N) is 2. The Labute approximate surface area is 118 Å². The number of carboxylic acids is 1. The molecule has 5 nitrogen and oxygen atoms in total. The number of aromatic nitrogens is 1. The first-order valence-corrected chi connectivity index (χ1v) is 7.00. The largest absolute Gasteiger partial charge is 0.479 e. The summed E-state index contributed by atoms with van der Waals surface area (Å²) >= 11 is 0. The van der Waals surface area contributed by atoms with Gasteiger partial charge in [0.1, 0.15) is 11.2 Å². The molecule has 1 N–H and O–H groups in total. The molecule has 1 aliphatic heterocycles. The Morgan fingerprint density at radius 2 is 2.20 bits per heavy atom. The number of hydrogen-bond donors (Lipinski definition) is 1. The van der Waals surface area contributed by atoms with Crippen molar-refractivity contribution < 1.29 is 14.7 Å². The van der Waals surface area contributed by atoms with Gasteiger partial charge in [0.15, 0.2) is 0 Å². The van der Waals surface area contributed by atoms with E-state index in [9.17, 15) is 14.7 Å². The predicted molar refractivity (Wildman–Crippen MR) is 74.5 cm³/mol. The van der Waals surface area contributed by atoms with E-state index in [1.807, 2.05) is 19.9 Å². The molecular weight excluding hydrogens is 256 g/mol. The van der Waals surface area contributed by atoms with Gasteiger partial charge in [0.05, 0.1) is 0 Å². The van der Waals surface area contributed by atoms with Crippen molar-refractivity contribution in [2.75, 3.05) is 6.54 Å². The van der Waals surface area contributed by atoms with Crippen LogP contribution in [0.4, 0.5) is 0 Å². The molecule has 20 heavy (non-hydrogen) atoms. The number of amides is 1. The Morgan fingerprint density at radius 1 is 1.45 bits per heavy atom. The minimum Gasteiger partial charge on any atom is -0.479 e. The maximum absolute atomic E-state index is 12.6. The SMILES string of the molecule is CCCC1(C(=O)O)CCCN1C(=O)c1cccc(C)n1. The molecule has 1 saturated heterocycles. The third kappa shape index (κ3) is 2.40. The summed E-state index contributed by atoms with van der Waals surface area (Å²) in [5.41, 5.74) is 0.0251. The normalized spacial score (nSPS) is 22.0. The number of carbonyl (C=O) groups is 2. The average Bonchev–Trinajstić information content (AvgIpc) is 2.83. The van der Waals surface area contributed by atoms with Crippen LogP contribution in [0.5, 0.6) is 0 Å². The van der Waals surface area contributed by atoms with E-state index >= 15 is 0 Å². The van der Waals surface area contributed by atoms with Crippen LogP contribution in [-0.4, -0.2) is 39.0 Å². The summed E-state index contributed by atoms with van der Waals surface area (Å²) in [5.74, 6) is -1.18. The molecule has 5 heteroatoms. The van der Waals surface area contributed by atoms with Gasteiger partial charge in [0.2, 0.25) is 0 Å². The van der Waals surface area contributed by atoms with Crippen molar-refractivity contribution in [3.05, 3.63) is 29.6 Å². The molecule has 1 aromatic heterocycles. The molecule has 1 fully saturated rings. The highest BCUT2D eigenvalue weighted by Crippen LogP contribution is 2.35. The number of rotatable bonds is 4. The second-order valence-electron chi connectivity index (χ2n) is 5.31. The Hall–Kier alpha value is -1.91. The van der Waals surface area contributed by atoms with Gasteiger partial charge in [-0.3, -0.25) is 4.79 Å². The van der Waals surface area contributed by atoms with Gasteiger partial charge in [-0.25, -0.2) is 9.78 Å². The van der Waals surface area contributed by atoms with Crippen LogP contribution in [0.3, 0.4) is 0 Å². The molecule has 0 aromatic carbocycles. The Kier molecular flexibility index (Phi) is 4.06. The third-order valence-electron chi connectivity index (χ3n) is 3.90. The van der Waals surface area contributed by atoms with E-state index in [2.05, 4.69) is 4.98 Å². The zero-order chi connectivity index (χ0) is 14.8. The van der Waals surface area contributed by atoms with Crippen LogP contribution in [0, 0.1) is 6.92 Å². The van der Waals surface area contributed by atoms with Crippen LogP contribution in [0.2, 0.25) is 0 Å². The highest BCUT2D eigenvalue weighted by atomic mass is 16.4. The number of aliphatic carboxylic acids is 1. The Balaban J connectivity index is 2.34. The molecular formula is C15H20N2O3. The molecule has 0 spiro atoms. The fourth-order valence-electron chi connectivity index (χ4n) is 2.98. The first-order chi connectivity index (χ1) is 9.51. The van der Waals surface area contributed by atoms with Gasteiger partial charge in [0.25, 0.3) is 5.91 Å². The number of carboxylic acid groups (broad SMARTS) is 1. The van der Waals surface area contributed by atoms with Crippen molar-refractivity contribution in [1.29, 1.82) is 0 Å². The monoisotopic (exact) mass is 276 g/mol. The van der Waals surface area contributed by atoms with Crippen LogP contribution in [-0.2, 0) is 4.79 Å². The van der Waals surface area contributed by atoms with E-state index in [0.29, 0.717) is 25.1 Å². The van der Waals surface area contributed by atoms with Crippen molar-refractivity contribution in [1.82, 2.24) is 9.88 Å². The summed E-state index contributed by atoms with van der Waals surface area (Å²) in [5, 5.41) is 9.60. The van der Waals surface area contributed by atoms with Crippen LogP contribution in [0.1, 0.15) is 48.8 Å². The van der Waals surface area contributed by atoms with Crippen molar-refractivity contribution in [2.24, 2.45) is 0 Å². The maximum atomic E-state index is 12.6. The molecule has 2 heterocycles. The van der Waals surface area contributed by atoms with E-state index in [1.54, 1.807) is 12.1 Å². The summed E-state index contributed by atoms with van der Waals surface area (Å²) in [6.07, 6.45) is 2.47. The lowest BCUT2D eigenvalue weighted by atomic mass is 9.90. The molecule has 0 saturated carbocycles. The second kappa shape index (κ2) is 5.61. The van der Waals surface area contributed by atoms with Crippen molar-refractivity contribution >= 4 is 11.9 Å². The van der Waals surface area contributed by atoms with Gasteiger partial charge in [-0.2, -0.15) is 0 Å². The summed E-state index contributed by atoms with van der Waals surface area (Å²) in [6, 6.07) is 5.23. The minimum atomic E-state index is -1.06. The molecule has 1 atom stereocenters. The van der Waals surface area contributed by atoms with Gasteiger partial charge in [-0.15, -0.1) is 0 Å². The molecule has 0 radical (unpaired) electrons. The second-order valence-corrected chi connectivity index (χ2v) is 5.31. The van der Waals surface area contributed by atoms with Crippen molar-refractivity contribution in [3.63, 3.8) is 0 Å². The van der Waals surface area contributed by atoms with Gasteiger partial charge in [-0.05, 0) is 38.3 Å². The standard InChI is InChI=1S/C15H20N2O3/c1-3-8-15(14(19)20)9-5-10-17(15)13(18)12-7-4-6-11(2)16-12/h4,6-7H,3,5,8-10H2,1-2H3,(H,19,20). The minimum absolute atomic E-state index is 0.276. The molecule has 0 bridgehead atoms. The average molecular weight is 276 g/mol. The van der Waals surface area contributed by atoms with Crippen molar-refractivity contribution in [3.8, 4) is 0 Å². The van der Waals surface area contributed by atoms with E-state index in [-0.39, 0.29) is 5.91 Å². The first kappa shape index (κ1) is 14.5. The zero-order valence-corrected chi connectivity index (χ0v) is 11.9. The maximum Gasteiger partial charge on any atom is 0.329 e. The highest BCUT2D eigenvalue weighted by molar-refractivity contribution is 5.97. The van der Waals surface area contributed by atoms with Gasteiger partial charge in [0, 0.05) is 12.2 Å². The highest BCUT2D eigenvalue weighted by Gasteiger charge is 2.49. The van der Waals surface area contributed by atoms with Crippen molar-refractivity contribution in [2.45, 2.75) is 45.1 Å². The lowest BCUT2D eigenvalue weighted by molar-refractivity contribution is -0.148. The van der Waals surface area contributed by atoms with Crippen LogP contribution < -0.4 is 0 Å². The Morgan fingerprint density at radius 3 is 2.80 bits per heavy atom. The molecule has 1 aliphatic rings. The zero-order valence-electron chi connectivity index (χ0n) is 11.9. The topological polar surface area (TPSA) is 70.5 Å². The summed E-state index contributed by atoms with van der Waals surface area (Å²) in [4.78, 5) is 30.0. The van der Waals surface area contributed by atoms with Gasteiger partial charge < -0.3 is 10.0 Å². The summed E-state index contributed by atoms with van der Waals surface area (Å²) in [6.45, 7) is 4.24. The number of likely N-dealkylation sites (tertiary alicyclic amines) is 1. The van der Waals surface area contributed by atoms with E-state index in [0.717, 1.165) is 18.5 Å². The lowest BCUT2D eigenvalue weighted by Gasteiger charge is -2.34. The molecule has 1 aromatic rings. The van der Waals surface area contributed by atoms with E-state index in [4.69, 9.17) is 0 Å². The molecule has 0 aliphatic carbocycles. The summed E-state index contributed by atoms with van der Waals surface area (Å²) in [7, 11) is 0. The molecule has 108 valence electrons. The van der Waals surface area contributed by atoms with E-state index in [1.165, 1.54) is 4.90 Å². The number of carbonyl (C=O) groups excluding carboxylic acids is 1. The lowest BCUT2D eigenvalue weighted by Crippen LogP contribution is -2.53. The van der Waals surface area contributed by atoms with E-state index < -0.39 is 11.5 Å². The summed E-state index contributed by atoms with van der Waals surface area (Å²) < 4.78 is 0. The smallest absolute Gasteiger partial charge is 0.329 e. The third-order valence-corrected chi connectivity index (χ3v) is 3.90. The predicted octanol–water partition coefficient (Wildman–Crippen LogP) is 2.25. The number of pyridine rings is 1. The molecule has 1 amide bonds. The molecule has 1 unspecified atom stereocenters. The van der Waals surface area contributed by atoms with Crippen LogP contribution >= 0.6 is 0 Å². The fraction of sp³-hybridized carbons (Fsp3) is 0.533.